The number of hydrogen-bond donors (Lipinski definition) is 2. The van der Waals surface area contributed by atoms with E-state index in [-0.39, 0.29) is 6.42 Å². The summed E-state index contributed by atoms with van der Waals surface area (Å²) in [6, 6.07) is 0. The molecule has 1 atom stereocenters. The summed E-state index contributed by atoms with van der Waals surface area (Å²) in [5.74, 6) is -0.822. The lowest BCUT2D eigenvalue weighted by Crippen LogP contribution is -2.09. The Bertz CT molecular complexity index is 179. The van der Waals surface area contributed by atoms with E-state index < -0.39 is 12.1 Å². The van der Waals surface area contributed by atoms with E-state index >= 15 is 0 Å². The predicted molar refractivity (Wildman–Crippen MR) is 81.5 cm³/mol. The topological polar surface area (TPSA) is 57.5 Å². The molecule has 19 heavy (non-hydrogen) atoms. The van der Waals surface area contributed by atoms with Crippen molar-refractivity contribution in [3.63, 3.8) is 0 Å². The molecule has 0 saturated carbocycles. The number of aliphatic hydroxyl groups is 1. The fourth-order valence-corrected chi connectivity index (χ4v) is 1.59. The van der Waals surface area contributed by atoms with E-state index in [0.717, 1.165) is 19.3 Å². The normalized spacial score (nSPS) is 11.6. The van der Waals surface area contributed by atoms with Gasteiger partial charge in [0.15, 0.2) is 0 Å². The number of carboxylic acid groups (broad SMARTS) is 1. The van der Waals surface area contributed by atoms with Crippen molar-refractivity contribution >= 4 is 5.97 Å². The Morgan fingerprint density at radius 3 is 1.84 bits per heavy atom. The number of carboxylic acids is 1. The molecule has 0 heterocycles. The predicted octanol–water partition coefficient (Wildman–Crippen LogP) is 4.77. The van der Waals surface area contributed by atoms with Gasteiger partial charge in [-0.3, -0.25) is 4.79 Å². The van der Waals surface area contributed by atoms with Crippen molar-refractivity contribution in [2.75, 3.05) is 0 Å². The largest absolute Gasteiger partial charge is 0.481 e. The maximum Gasteiger partial charge on any atom is 0.303 e. The van der Waals surface area contributed by atoms with Gasteiger partial charge >= 0.3 is 5.97 Å². The summed E-state index contributed by atoms with van der Waals surface area (Å²) in [6.07, 6.45) is 10.7. The molecule has 0 aliphatic rings. The third-order valence-corrected chi connectivity index (χ3v) is 3.08. The van der Waals surface area contributed by atoms with Crippen molar-refractivity contribution in [1.29, 1.82) is 0 Å². The van der Waals surface area contributed by atoms with E-state index in [9.17, 15) is 9.90 Å². The van der Waals surface area contributed by atoms with Crippen LogP contribution < -0.4 is 0 Å². The van der Waals surface area contributed by atoms with Crippen LogP contribution in [0.15, 0.2) is 0 Å². The minimum absolute atomic E-state index is 0.0804. The van der Waals surface area contributed by atoms with Gasteiger partial charge in [0.25, 0.3) is 0 Å². The van der Waals surface area contributed by atoms with Crippen molar-refractivity contribution in [1.82, 2.24) is 0 Å². The van der Waals surface area contributed by atoms with E-state index in [1.165, 1.54) is 38.5 Å². The Balaban J connectivity index is 0. The molecule has 1 unspecified atom stereocenters. The van der Waals surface area contributed by atoms with Gasteiger partial charge in [-0.25, -0.2) is 0 Å². The molecule has 0 radical (unpaired) electrons. The average Bonchev–Trinajstić information content (AvgIpc) is 2.40. The molecule has 116 valence electrons. The van der Waals surface area contributed by atoms with Crippen molar-refractivity contribution < 1.29 is 15.0 Å². The zero-order valence-electron chi connectivity index (χ0n) is 13.2. The van der Waals surface area contributed by atoms with E-state index in [0.29, 0.717) is 6.42 Å². The minimum Gasteiger partial charge on any atom is -0.481 e. The smallest absolute Gasteiger partial charge is 0.303 e. The molecule has 0 amide bonds. The monoisotopic (exact) mass is 274 g/mol. The van der Waals surface area contributed by atoms with Gasteiger partial charge in [0, 0.05) is 6.42 Å². The van der Waals surface area contributed by atoms with Crippen LogP contribution in [0.3, 0.4) is 0 Å². The van der Waals surface area contributed by atoms with Crippen LogP contribution >= 0.6 is 0 Å². The maximum atomic E-state index is 10.2. The van der Waals surface area contributed by atoms with Crippen LogP contribution in [-0.4, -0.2) is 22.3 Å². The van der Waals surface area contributed by atoms with Crippen LogP contribution in [0.5, 0.6) is 0 Å². The molecular formula is C16H34O3. The molecule has 0 aliphatic heterocycles. The van der Waals surface area contributed by atoms with Gasteiger partial charge in [0.05, 0.1) is 6.10 Å². The minimum atomic E-state index is -0.822. The average molecular weight is 274 g/mol. The van der Waals surface area contributed by atoms with Crippen LogP contribution in [0, 0.1) is 0 Å². The summed E-state index contributed by atoms with van der Waals surface area (Å²) in [7, 11) is 0. The van der Waals surface area contributed by atoms with Crippen molar-refractivity contribution in [3.05, 3.63) is 0 Å². The first kappa shape index (κ1) is 20.7. The highest BCUT2D eigenvalue weighted by Crippen LogP contribution is 2.11. The van der Waals surface area contributed by atoms with Crippen molar-refractivity contribution in [2.45, 2.75) is 97.5 Å². The number of aliphatic hydroxyl groups excluding tert-OH is 1. The van der Waals surface area contributed by atoms with Crippen LogP contribution in [0.1, 0.15) is 91.4 Å². The molecule has 0 aromatic heterocycles. The summed E-state index contributed by atoms with van der Waals surface area (Å²) in [5.41, 5.74) is 0. The second-order valence-electron chi connectivity index (χ2n) is 5.14. The van der Waals surface area contributed by atoms with Crippen LogP contribution in [0.4, 0.5) is 0 Å². The molecular weight excluding hydrogens is 240 g/mol. The standard InChI is InChI=1S/C12H24O3.C4H10/c1-2-3-4-5-6-7-8-11(13)9-10-12(14)15;1-3-4-2/h11,13H,2-10H2,1H3,(H,14,15);3-4H2,1-2H3. The first-order chi connectivity index (χ1) is 9.08. The van der Waals surface area contributed by atoms with E-state index in [1.54, 1.807) is 0 Å². The Kier molecular flexibility index (Phi) is 19.0. The second kappa shape index (κ2) is 17.4. The third kappa shape index (κ3) is 23.0. The molecule has 0 bridgehead atoms. The summed E-state index contributed by atoms with van der Waals surface area (Å²) in [5, 5.41) is 17.9. The Hall–Kier alpha value is -0.570. The zero-order valence-corrected chi connectivity index (χ0v) is 13.2. The summed E-state index contributed by atoms with van der Waals surface area (Å²) >= 11 is 0. The van der Waals surface area contributed by atoms with Gasteiger partial charge in [-0.15, -0.1) is 0 Å². The quantitative estimate of drug-likeness (QED) is 0.534. The summed E-state index contributed by atoms with van der Waals surface area (Å²) in [6.45, 7) is 6.55. The number of unbranched alkanes of at least 4 members (excludes halogenated alkanes) is 6. The SMILES string of the molecule is CCCC.CCCCCCCCC(O)CCC(=O)O. The molecule has 0 aliphatic carbocycles. The molecule has 0 fully saturated rings. The summed E-state index contributed by atoms with van der Waals surface area (Å²) < 4.78 is 0. The molecule has 3 heteroatoms. The first-order valence-corrected chi connectivity index (χ1v) is 7.98. The Labute approximate surface area is 119 Å². The van der Waals surface area contributed by atoms with Gasteiger partial charge < -0.3 is 10.2 Å². The summed E-state index contributed by atoms with van der Waals surface area (Å²) in [4.78, 5) is 10.2. The number of carbonyl (C=O) groups is 1. The molecule has 0 rings (SSSR count). The zero-order chi connectivity index (χ0) is 14.9. The molecule has 0 aromatic rings. The van der Waals surface area contributed by atoms with Gasteiger partial charge in [0.2, 0.25) is 0 Å². The Morgan fingerprint density at radius 1 is 0.842 bits per heavy atom. The molecule has 3 nitrogen and oxygen atoms in total. The van der Waals surface area contributed by atoms with Crippen molar-refractivity contribution in [3.8, 4) is 0 Å². The molecule has 0 aromatic carbocycles. The molecule has 0 spiro atoms. The highest BCUT2D eigenvalue weighted by molar-refractivity contribution is 5.66. The lowest BCUT2D eigenvalue weighted by atomic mass is 10.0. The van der Waals surface area contributed by atoms with E-state index in [1.807, 2.05) is 0 Å². The maximum absolute atomic E-state index is 10.2. The van der Waals surface area contributed by atoms with Gasteiger partial charge in [-0.1, -0.05) is 72.1 Å². The van der Waals surface area contributed by atoms with Crippen LogP contribution in [-0.2, 0) is 4.79 Å². The van der Waals surface area contributed by atoms with Crippen LogP contribution in [0.2, 0.25) is 0 Å². The van der Waals surface area contributed by atoms with Gasteiger partial charge in [-0.05, 0) is 12.8 Å². The van der Waals surface area contributed by atoms with E-state index in [4.69, 9.17) is 5.11 Å². The highest BCUT2D eigenvalue weighted by Gasteiger charge is 2.06. The van der Waals surface area contributed by atoms with Crippen molar-refractivity contribution in [2.24, 2.45) is 0 Å². The van der Waals surface area contributed by atoms with Gasteiger partial charge in [-0.2, -0.15) is 0 Å². The Morgan fingerprint density at radius 2 is 1.37 bits per heavy atom. The van der Waals surface area contributed by atoms with Crippen LogP contribution in [0.25, 0.3) is 0 Å². The highest BCUT2D eigenvalue weighted by atomic mass is 16.4. The number of hydrogen-bond acceptors (Lipinski definition) is 2. The van der Waals surface area contributed by atoms with E-state index in [2.05, 4.69) is 20.8 Å². The fraction of sp³-hybridized carbons (Fsp3) is 0.938. The van der Waals surface area contributed by atoms with Gasteiger partial charge in [0.1, 0.15) is 0 Å². The first-order valence-electron chi connectivity index (χ1n) is 7.98. The lowest BCUT2D eigenvalue weighted by Gasteiger charge is -2.08. The third-order valence-electron chi connectivity index (χ3n) is 3.08. The molecule has 2 N–H and O–H groups in total. The lowest BCUT2D eigenvalue weighted by molar-refractivity contribution is -0.137. The number of rotatable bonds is 11. The molecule has 0 saturated heterocycles. The number of aliphatic carboxylic acids is 1. The fourth-order valence-electron chi connectivity index (χ4n) is 1.59. The second-order valence-corrected chi connectivity index (χ2v) is 5.14.